The monoisotopic (exact) mass is 280 g/mol. The van der Waals surface area contributed by atoms with E-state index in [0.717, 1.165) is 23.5 Å². The van der Waals surface area contributed by atoms with Gasteiger partial charge in [-0.3, -0.25) is 4.68 Å². The Bertz CT molecular complexity index is 734. The van der Waals surface area contributed by atoms with E-state index in [4.69, 9.17) is 0 Å². The summed E-state index contributed by atoms with van der Waals surface area (Å²) >= 11 is 0. The molecular formula is C17H20N4. The number of aromatic amines is 1. The van der Waals surface area contributed by atoms with E-state index in [1.165, 1.54) is 43.2 Å². The number of H-pyrrole nitrogens is 1. The number of aromatic nitrogens is 4. The van der Waals surface area contributed by atoms with Crippen LogP contribution in [0.25, 0.3) is 22.2 Å². The summed E-state index contributed by atoms with van der Waals surface area (Å²) in [5.41, 5.74) is 3.32. The van der Waals surface area contributed by atoms with Gasteiger partial charge in [0, 0.05) is 36.1 Å². The minimum Gasteiger partial charge on any atom is -0.346 e. The maximum Gasteiger partial charge on any atom is 0.137 e. The van der Waals surface area contributed by atoms with Crippen LogP contribution in [0.3, 0.4) is 0 Å². The first-order valence-corrected chi connectivity index (χ1v) is 7.85. The lowest BCUT2D eigenvalue weighted by molar-refractivity contribution is 0.308. The minimum atomic E-state index is 0.802. The van der Waals surface area contributed by atoms with Gasteiger partial charge in [0.05, 0.1) is 6.20 Å². The van der Waals surface area contributed by atoms with Crippen LogP contribution >= 0.6 is 0 Å². The number of pyridine rings is 1. The molecule has 0 unspecified atom stereocenters. The lowest BCUT2D eigenvalue weighted by atomic mass is 9.89. The van der Waals surface area contributed by atoms with Crippen LogP contribution in [0.1, 0.15) is 32.1 Å². The molecule has 4 nitrogen and oxygen atoms in total. The first-order chi connectivity index (χ1) is 10.4. The molecule has 1 aliphatic carbocycles. The number of hydrogen-bond donors (Lipinski definition) is 1. The standard InChI is InChI=1S/C17H20N4/c1-2-4-13(5-3-1)11-21-12-14(10-20-21)15-6-8-18-17-16(15)7-9-19-17/h6-10,12-13H,1-5,11H2,(H,18,19). The Labute approximate surface area is 124 Å². The van der Waals surface area contributed by atoms with E-state index in [1.54, 1.807) is 0 Å². The van der Waals surface area contributed by atoms with Gasteiger partial charge in [0.2, 0.25) is 0 Å². The molecule has 21 heavy (non-hydrogen) atoms. The van der Waals surface area contributed by atoms with E-state index in [-0.39, 0.29) is 0 Å². The third-order valence-electron chi connectivity index (χ3n) is 4.57. The summed E-state index contributed by atoms with van der Waals surface area (Å²) in [6.45, 7) is 1.06. The fraction of sp³-hybridized carbons (Fsp3) is 0.412. The predicted molar refractivity (Wildman–Crippen MR) is 83.9 cm³/mol. The molecule has 3 aromatic rings. The maximum absolute atomic E-state index is 4.56. The average Bonchev–Trinajstić information content (AvgIpc) is 3.16. The summed E-state index contributed by atoms with van der Waals surface area (Å²) in [5.74, 6) is 0.802. The Morgan fingerprint density at radius 3 is 3.00 bits per heavy atom. The van der Waals surface area contributed by atoms with E-state index in [2.05, 4.69) is 38.1 Å². The molecule has 0 atom stereocenters. The van der Waals surface area contributed by atoms with Gasteiger partial charge in [-0.05, 0) is 36.5 Å². The highest BCUT2D eigenvalue weighted by Gasteiger charge is 2.15. The summed E-state index contributed by atoms with van der Waals surface area (Å²) in [7, 11) is 0. The predicted octanol–water partition coefficient (Wildman–Crippen LogP) is 4.01. The number of fused-ring (bicyclic) bond motifs is 1. The fourth-order valence-electron chi connectivity index (χ4n) is 3.45. The SMILES string of the molecule is c1cc(-c2cnn(CC3CCCCC3)c2)c2cc[nH]c2n1. The highest BCUT2D eigenvalue weighted by molar-refractivity contribution is 5.92. The third kappa shape index (κ3) is 2.46. The van der Waals surface area contributed by atoms with Gasteiger partial charge < -0.3 is 4.98 Å². The smallest absolute Gasteiger partial charge is 0.137 e. The van der Waals surface area contributed by atoms with Gasteiger partial charge in [-0.15, -0.1) is 0 Å². The van der Waals surface area contributed by atoms with Crippen molar-refractivity contribution >= 4 is 11.0 Å². The highest BCUT2D eigenvalue weighted by atomic mass is 15.3. The molecule has 0 spiro atoms. The van der Waals surface area contributed by atoms with E-state index in [9.17, 15) is 0 Å². The minimum absolute atomic E-state index is 0.802. The van der Waals surface area contributed by atoms with Crippen LogP contribution in [0, 0.1) is 5.92 Å². The molecule has 0 saturated heterocycles. The van der Waals surface area contributed by atoms with Gasteiger partial charge in [0.1, 0.15) is 5.65 Å². The normalized spacial score (nSPS) is 16.6. The Kier molecular flexibility index (Phi) is 3.22. The lowest BCUT2D eigenvalue weighted by Gasteiger charge is -2.21. The van der Waals surface area contributed by atoms with Crippen molar-refractivity contribution < 1.29 is 0 Å². The van der Waals surface area contributed by atoms with Crippen LogP contribution in [0.2, 0.25) is 0 Å². The molecular weight excluding hydrogens is 260 g/mol. The van der Waals surface area contributed by atoms with Crippen molar-refractivity contribution in [3.05, 3.63) is 36.9 Å². The molecule has 4 heteroatoms. The van der Waals surface area contributed by atoms with Crippen molar-refractivity contribution in [1.82, 2.24) is 19.7 Å². The molecule has 0 aromatic carbocycles. The van der Waals surface area contributed by atoms with Gasteiger partial charge >= 0.3 is 0 Å². The van der Waals surface area contributed by atoms with Crippen LogP contribution in [-0.2, 0) is 6.54 Å². The van der Waals surface area contributed by atoms with Crippen molar-refractivity contribution in [1.29, 1.82) is 0 Å². The molecule has 1 N–H and O–H groups in total. The van der Waals surface area contributed by atoms with Crippen LogP contribution in [-0.4, -0.2) is 19.7 Å². The molecule has 0 bridgehead atoms. The molecule has 0 radical (unpaired) electrons. The molecule has 108 valence electrons. The second-order valence-corrected chi connectivity index (χ2v) is 6.05. The molecule has 1 saturated carbocycles. The number of nitrogens with one attached hydrogen (secondary N) is 1. The quantitative estimate of drug-likeness (QED) is 0.788. The summed E-state index contributed by atoms with van der Waals surface area (Å²) in [4.78, 5) is 7.51. The van der Waals surface area contributed by atoms with Gasteiger partial charge in [-0.1, -0.05) is 19.3 Å². The van der Waals surface area contributed by atoms with Crippen molar-refractivity contribution in [2.24, 2.45) is 5.92 Å². The van der Waals surface area contributed by atoms with Crippen LogP contribution < -0.4 is 0 Å². The van der Waals surface area contributed by atoms with Crippen molar-refractivity contribution in [3.63, 3.8) is 0 Å². The zero-order valence-corrected chi connectivity index (χ0v) is 12.1. The van der Waals surface area contributed by atoms with Gasteiger partial charge in [-0.25, -0.2) is 4.98 Å². The number of rotatable bonds is 3. The third-order valence-corrected chi connectivity index (χ3v) is 4.57. The first-order valence-electron chi connectivity index (χ1n) is 7.85. The van der Waals surface area contributed by atoms with Crippen molar-refractivity contribution in [3.8, 4) is 11.1 Å². The van der Waals surface area contributed by atoms with Crippen molar-refractivity contribution in [2.75, 3.05) is 0 Å². The maximum atomic E-state index is 4.56. The zero-order chi connectivity index (χ0) is 14.1. The van der Waals surface area contributed by atoms with Gasteiger partial charge in [-0.2, -0.15) is 5.10 Å². The largest absolute Gasteiger partial charge is 0.346 e. The van der Waals surface area contributed by atoms with E-state index < -0.39 is 0 Å². The first kappa shape index (κ1) is 12.6. The van der Waals surface area contributed by atoms with E-state index in [0.29, 0.717) is 0 Å². The molecule has 3 aromatic heterocycles. The lowest BCUT2D eigenvalue weighted by Crippen LogP contribution is -2.14. The fourth-order valence-corrected chi connectivity index (χ4v) is 3.45. The Morgan fingerprint density at radius 2 is 2.10 bits per heavy atom. The summed E-state index contributed by atoms with van der Waals surface area (Å²) in [6.07, 6.45) is 14.8. The summed E-state index contributed by atoms with van der Waals surface area (Å²) in [6, 6.07) is 4.15. The van der Waals surface area contributed by atoms with Crippen LogP contribution in [0.15, 0.2) is 36.9 Å². The van der Waals surface area contributed by atoms with Crippen LogP contribution in [0.4, 0.5) is 0 Å². The molecule has 4 rings (SSSR count). The van der Waals surface area contributed by atoms with E-state index in [1.807, 2.05) is 18.6 Å². The molecule has 0 aliphatic heterocycles. The number of hydrogen-bond acceptors (Lipinski definition) is 2. The number of nitrogens with zero attached hydrogens (tertiary/aromatic N) is 3. The van der Waals surface area contributed by atoms with E-state index >= 15 is 0 Å². The van der Waals surface area contributed by atoms with Gasteiger partial charge in [0.15, 0.2) is 0 Å². The molecule has 0 amide bonds. The molecule has 1 aliphatic rings. The second kappa shape index (κ2) is 5.35. The summed E-state index contributed by atoms with van der Waals surface area (Å²) < 4.78 is 2.12. The topological polar surface area (TPSA) is 46.5 Å². The summed E-state index contributed by atoms with van der Waals surface area (Å²) in [5, 5.41) is 5.73. The average molecular weight is 280 g/mol. The highest BCUT2D eigenvalue weighted by Crippen LogP contribution is 2.28. The van der Waals surface area contributed by atoms with Crippen LogP contribution in [0.5, 0.6) is 0 Å². The van der Waals surface area contributed by atoms with Crippen molar-refractivity contribution in [2.45, 2.75) is 38.6 Å². The second-order valence-electron chi connectivity index (χ2n) is 6.05. The Morgan fingerprint density at radius 1 is 1.19 bits per heavy atom. The molecule has 1 fully saturated rings. The Balaban J connectivity index is 1.60. The van der Waals surface area contributed by atoms with Gasteiger partial charge in [0.25, 0.3) is 0 Å². The molecule has 3 heterocycles. The zero-order valence-electron chi connectivity index (χ0n) is 12.1. The Hall–Kier alpha value is -2.10.